The van der Waals surface area contributed by atoms with Crippen molar-refractivity contribution in [2.24, 2.45) is 0 Å². The van der Waals surface area contributed by atoms with Crippen LogP contribution in [0.15, 0.2) is 59.1 Å². The van der Waals surface area contributed by atoms with E-state index in [1.165, 1.54) is 61.0 Å². The summed E-state index contributed by atoms with van der Waals surface area (Å²) in [5.74, 6) is 0.903. The predicted molar refractivity (Wildman–Crippen MR) is 150 cm³/mol. The van der Waals surface area contributed by atoms with Gasteiger partial charge < -0.3 is 0 Å². The fourth-order valence-electron chi connectivity index (χ4n) is 4.83. The first-order valence-corrected chi connectivity index (χ1v) is 21.0. The number of unbranched alkanes of at least 4 members (excludes halogenated alkanes) is 3. The van der Waals surface area contributed by atoms with Crippen LogP contribution in [0, 0.1) is 0 Å². The Kier molecular flexibility index (Phi) is 13.2. The third kappa shape index (κ3) is 8.74. The normalized spacial score (nSPS) is 13.2. The summed E-state index contributed by atoms with van der Waals surface area (Å²) in [5.41, 5.74) is 2.43. The molecule has 0 unspecified atom stereocenters. The van der Waals surface area contributed by atoms with Gasteiger partial charge in [-0.15, -0.1) is 0 Å². The number of halogens is 1. The Labute approximate surface area is 214 Å². The first kappa shape index (κ1) is 28.5. The van der Waals surface area contributed by atoms with Gasteiger partial charge in [-0.2, -0.15) is 0 Å². The van der Waals surface area contributed by atoms with Gasteiger partial charge in [0.15, 0.2) is 0 Å². The molecule has 2 aromatic carbocycles. The average molecular weight is 622 g/mol. The standard InChI is InChI=1S/C17H16BrO2.3C4H9.Sn/c1-20-16-7-4-5-13(11-16)9-10-15(19)12-14-6-2-3-8-17(14)18;3*1-3-4-2;/h2-8,10-11,15,19H,12H2,1H3;3*1,3-4H2,2H3;/t15-;;;;/m0..../s1. The summed E-state index contributed by atoms with van der Waals surface area (Å²) < 4.78 is 12.3. The molecule has 0 bridgehead atoms. The van der Waals surface area contributed by atoms with Gasteiger partial charge in [-0.05, 0) is 0 Å². The molecule has 0 fully saturated rings. The van der Waals surface area contributed by atoms with Crippen molar-refractivity contribution in [3.05, 3.63) is 70.2 Å². The molecule has 2 aromatic rings. The zero-order valence-corrected chi connectivity index (χ0v) is 25.5. The second kappa shape index (κ2) is 15.3. The summed E-state index contributed by atoms with van der Waals surface area (Å²) in [6.45, 7) is 6.94. The third-order valence-electron chi connectivity index (χ3n) is 6.72. The van der Waals surface area contributed by atoms with Crippen LogP contribution in [0.4, 0.5) is 0 Å². The van der Waals surface area contributed by atoms with Gasteiger partial charge in [0.1, 0.15) is 0 Å². The fourth-order valence-corrected chi connectivity index (χ4v) is 22.3. The number of benzene rings is 2. The van der Waals surface area contributed by atoms with Crippen molar-refractivity contribution in [2.45, 2.75) is 85.1 Å². The van der Waals surface area contributed by atoms with Gasteiger partial charge in [0.2, 0.25) is 0 Å². The van der Waals surface area contributed by atoms with Crippen molar-refractivity contribution in [3.8, 4) is 5.75 Å². The third-order valence-corrected chi connectivity index (χ3v) is 23.3. The van der Waals surface area contributed by atoms with Crippen molar-refractivity contribution in [1.29, 1.82) is 0 Å². The first-order chi connectivity index (χ1) is 16.0. The van der Waals surface area contributed by atoms with Crippen LogP contribution >= 0.6 is 15.9 Å². The maximum atomic E-state index is 11.3. The number of aliphatic hydroxyl groups excluding tert-OH is 1. The summed E-state index contributed by atoms with van der Waals surface area (Å²) in [6.07, 6.45) is 10.00. The second-order valence-corrected chi connectivity index (χ2v) is 23.2. The number of ether oxygens (including phenoxy) is 1. The SMILES string of the molecule is CCC[CH2][Sn]([CH2]CCC)([CH2]CCC)/[C](=C\[C@H](O)Cc1ccccc1Br)c1cccc(OC)c1. The van der Waals surface area contributed by atoms with Gasteiger partial charge in [0.25, 0.3) is 0 Å². The molecule has 0 aliphatic rings. The Hall–Kier alpha value is -0.781. The number of aliphatic hydroxyl groups is 1. The Morgan fingerprint density at radius 2 is 1.55 bits per heavy atom. The molecule has 2 rings (SSSR count). The molecular weight excluding hydrogens is 579 g/mol. The van der Waals surface area contributed by atoms with Gasteiger partial charge in [-0.1, -0.05) is 0 Å². The second-order valence-electron chi connectivity index (χ2n) is 9.27. The van der Waals surface area contributed by atoms with E-state index in [9.17, 15) is 5.11 Å². The summed E-state index contributed by atoms with van der Waals surface area (Å²) in [5, 5.41) is 11.3. The van der Waals surface area contributed by atoms with Gasteiger partial charge in [0, 0.05) is 0 Å². The molecule has 0 aliphatic carbocycles. The van der Waals surface area contributed by atoms with Crippen LogP contribution in [0.3, 0.4) is 0 Å². The van der Waals surface area contributed by atoms with Crippen molar-refractivity contribution >= 4 is 37.9 Å². The topological polar surface area (TPSA) is 29.5 Å². The van der Waals surface area contributed by atoms with E-state index in [4.69, 9.17) is 4.74 Å². The molecule has 0 aromatic heterocycles. The molecule has 0 amide bonds. The van der Waals surface area contributed by atoms with Gasteiger partial charge in [-0.25, -0.2) is 0 Å². The molecule has 0 saturated heterocycles. The minimum absolute atomic E-state index is 0.495. The summed E-state index contributed by atoms with van der Waals surface area (Å²) in [7, 11) is 1.74. The molecule has 0 aliphatic heterocycles. The number of methoxy groups -OCH3 is 1. The number of hydrogen-bond acceptors (Lipinski definition) is 2. The van der Waals surface area contributed by atoms with E-state index < -0.39 is 24.5 Å². The molecule has 2 nitrogen and oxygen atoms in total. The minimum atomic E-state index is -2.80. The van der Waals surface area contributed by atoms with Gasteiger partial charge in [-0.3, -0.25) is 0 Å². The molecule has 1 atom stereocenters. The Morgan fingerprint density at radius 1 is 0.939 bits per heavy atom. The molecule has 0 saturated carbocycles. The van der Waals surface area contributed by atoms with E-state index in [0.29, 0.717) is 6.42 Å². The molecule has 182 valence electrons. The molecule has 1 N–H and O–H groups in total. The average Bonchev–Trinajstić information content (AvgIpc) is 2.84. The predicted octanol–water partition coefficient (Wildman–Crippen LogP) is 8.83. The van der Waals surface area contributed by atoms with E-state index in [0.717, 1.165) is 15.8 Å². The fraction of sp³-hybridized carbons (Fsp3) is 0.517. The molecule has 0 spiro atoms. The van der Waals surface area contributed by atoms with E-state index in [1.54, 1.807) is 7.11 Å². The monoisotopic (exact) mass is 622 g/mol. The van der Waals surface area contributed by atoms with Crippen molar-refractivity contribution < 1.29 is 9.84 Å². The van der Waals surface area contributed by atoms with Crippen LogP contribution in [0.2, 0.25) is 13.3 Å². The van der Waals surface area contributed by atoms with Crippen LogP contribution < -0.4 is 4.74 Å². The number of rotatable bonds is 15. The molecule has 4 heteroatoms. The quantitative estimate of drug-likeness (QED) is 0.201. The van der Waals surface area contributed by atoms with E-state index in [-0.39, 0.29) is 0 Å². The van der Waals surface area contributed by atoms with Gasteiger partial charge >= 0.3 is 216 Å². The van der Waals surface area contributed by atoms with Gasteiger partial charge in [0.05, 0.1) is 0 Å². The van der Waals surface area contributed by atoms with Crippen LogP contribution in [0.1, 0.15) is 70.4 Å². The van der Waals surface area contributed by atoms with Crippen molar-refractivity contribution in [3.63, 3.8) is 0 Å². The molecule has 33 heavy (non-hydrogen) atoms. The van der Waals surface area contributed by atoms with Crippen molar-refractivity contribution in [1.82, 2.24) is 0 Å². The maximum absolute atomic E-state index is 11.3. The Bertz CT molecular complexity index is 842. The van der Waals surface area contributed by atoms with Crippen molar-refractivity contribution in [2.75, 3.05) is 7.11 Å². The summed E-state index contributed by atoms with van der Waals surface area (Å²) in [6, 6.07) is 16.8. The summed E-state index contributed by atoms with van der Waals surface area (Å²) in [4.78, 5) is 0. The zero-order valence-electron chi connectivity index (χ0n) is 21.1. The Balaban J connectivity index is 2.59. The number of hydrogen-bond donors (Lipinski definition) is 1. The van der Waals surface area contributed by atoms with E-state index in [2.05, 4.69) is 73.1 Å². The van der Waals surface area contributed by atoms with Crippen LogP contribution in [0.25, 0.3) is 3.59 Å². The van der Waals surface area contributed by atoms with Crippen LogP contribution in [-0.4, -0.2) is 36.7 Å². The zero-order chi connectivity index (χ0) is 24.1. The van der Waals surface area contributed by atoms with E-state index >= 15 is 0 Å². The molecular formula is C29H43BrO2Sn. The van der Waals surface area contributed by atoms with Crippen LogP contribution in [0.5, 0.6) is 5.75 Å². The Morgan fingerprint density at radius 3 is 2.09 bits per heavy atom. The molecule has 0 radical (unpaired) electrons. The molecule has 0 heterocycles. The van der Waals surface area contributed by atoms with E-state index in [1.807, 2.05) is 18.2 Å². The summed E-state index contributed by atoms with van der Waals surface area (Å²) >= 11 is 0.866. The van der Waals surface area contributed by atoms with Crippen LogP contribution in [-0.2, 0) is 6.42 Å². The first-order valence-electron chi connectivity index (χ1n) is 12.8.